The third-order valence-corrected chi connectivity index (χ3v) is 4.57. The summed E-state index contributed by atoms with van der Waals surface area (Å²) in [6, 6.07) is 0.696. The first-order valence-corrected chi connectivity index (χ1v) is 8.05. The second-order valence-electron chi connectivity index (χ2n) is 6.86. The Hall–Kier alpha value is -0.340. The second-order valence-corrected chi connectivity index (χ2v) is 6.86. The highest BCUT2D eigenvalue weighted by Gasteiger charge is 2.36. The lowest BCUT2D eigenvalue weighted by atomic mass is 9.87. The van der Waals surface area contributed by atoms with Crippen molar-refractivity contribution in [1.82, 2.24) is 10.2 Å². The Bertz CT molecular complexity index is 286. The predicted octanol–water partition coefficient (Wildman–Crippen LogP) is 3.83. The molecular formula is C17H34N2. The Kier molecular flexibility index (Phi) is 6.55. The molecule has 1 rings (SSSR count). The van der Waals surface area contributed by atoms with Crippen molar-refractivity contribution >= 4 is 0 Å². The maximum atomic E-state index is 3.84. The monoisotopic (exact) mass is 266 g/mol. The van der Waals surface area contributed by atoms with Crippen molar-refractivity contribution in [3.05, 3.63) is 11.6 Å². The summed E-state index contributed by atoms with van der Waals surface area (Å²) in [5.74, 6) is 0.775. The summed E-state index contributed by atoms with van der Waals surface area (Å²) in [7, 11) is 0. The van der Waals surface area contributed by atoms with Crippen molar-refractivity contribution in [3.63, 3.8) is 0 Å². The first kappa shape index (κ1) is 16.7. The van der Waals surface area contributed by atoms with Crippen molar-refractivity contribution in [1.29, 1.82) is 0 Å². The fraction of sp³-hybridized carbons (Fsp3) is 0.882. The Morgan fingerprint density at radius 3 is 2.42 bits per heavy atom. The van der Waals surface area contributed by atoms with E-state index in [0.29, 0.717) is 11.6 Å². The molecule has 19 heavy (non-hydrogen) atoms. The molecule has 1 saturated heterocycles. The van der Waals surface area contributed by atoms with E-state index in [0.717, 1.165) is 19.0 Å². The van der Waals surface area contributed by atoms with E-state index in [1.807, 2.05) is 0 Å². The second kappa shape index (κ2) is 7.44. The number of nitrogens with zero attached hydrogens (tertiary/aromatic N) is 1. The molecule has 0 aromatic heterocycles. The summed E-state index contributed by atoms with van der Waals surface area (Å²) < 4.78 is 0. The van der Waals surface area contributed by atoms with Crippen LogP contribution in [0.15, 0.2) is 11.6 Å². The molecule has 0 spiro atoms. The first-order valence-electron chi connectivity index (χ1n) is 8.05. The predicted molar refractivity (Wildman–Crippen MR) is 85.6 cm³/mol. The highest BCUT2D eigenvalue weighted by molar-refractivity contribution is 5.01. The Balaban J connectivity index is 2.76. The standard InChI is InChI=1S/C17H34N2/c1-7-17(8-2)13-19(10-9-14(3)4)16(12-18-17)11-15(5)6/h9,15-16,18H,7-8,10-13H2,1-6H3. The van der Waals surface area contributed by atoms with Crippen LogP contribution in [-0.4, -0.2) is 36.1 Å². The molecule has 1 aliphatic heterocycles. The molecule has 1 fully saturated rings. The molecule has 0 aromatic rings. The minimum Gasteiger partial charge on any atom is -0.308 e. The van der Waals surface area contributed by atoms with Crippen LogP contribution in [0.25, 0.3) is 0 Å². The van der Waals surface area contributed by atoms with Gasteiger partial charge in [-0.1, -0.05) is 39.3 Å². The maximum absolute atomic E-state index is 3.84. The molecule has 0 aromatic carbocycles. The lowest BCUT2D eigenvalue weighted by molar-refractivity contribution is 0.0720. The fourth-order valence-electron chi connectivity index (χ4n) is 3.05. The number of rotatable bonds is 6. The molecule has 2 nitrogen and oxygen atoms in total. The zero-order valence-corrected chi connectivity index (χ0v) is 13.9. The summed E-state index contributed by atoms with van der Waals surface area (Å²) in [5, 5.41) is 3.84. The molecule has 0 radical (unpaired) electrons. The van der Waals surface area contributed by atoms with Crippen LogP contribution in [0.5, 0.6) is 0 Å². The normalized spacial score (nSPS) is 23.6. The number of allylic oxidation sites excluding steroid dienone is 1. The van der Waals surface area contributed by atoms with Crippen LogP contribution in [0, 0.1) is 5.92 Å². The number of hydrogen-bond donors (Lipinski definition) is 1. The number of hydrogen-bond acceptors (Lipinski definition) is 2. The largest absolute Gasteiger partial charge is 0.308 e. The van der Waals surface area contributed by atoms with Crippen molar-refractivity contribution < 1.29 is 0 Å². The fourth-order valence-corrected chi connectivity index (χ4v) is 3.05. The van der Waals surface area contributed by atoms with Crippen LogP contribution in [0.1, 0.15) is 60.8 Å². The molecule has 112 valence electrons. The van der Waals surface area contributed by atoms with Gasteiger partial charge in [-0.2, -0.15) is 0 Å². The molecule has 0 saturated carbocycles. The minimum absolute atomic E-state index is 0.336. The van der Waals surface area contributed by atoms with Crippen LogP contribution in [0.4, 0.5) is 0 Å². The Morgan fingerprint density at radius 1 is 1.32 bits per heavy atom. The van der Waals surface area contributed by atoms with E-state index in [2.05, 4.69) is 57.8 Å². The third-order valence-electron chi connectivity index (χ3n) is 4.57. The molecule has 1 heterocycles. The summed E-state index contributed by atoms with van der Waals surface area (Å²) in [6.07, 6.45) is 6.13. The zero-order valence-electron chi connectivity index (χ0n) is 13.9. The molecule has 1 atom stereocenters. The van der Waals surface area contributed by atoms with Gasteiger partial charge in [0.1, 0.15) is 0 Å². The minimum atomic E-state index is 0.336. The lowest BCUT2D eigenvalue weighted by Crippen LogP contribution is -2.63. The SMILES string of the molecule is CCC1(CC)CN(CC=C(C)C)C(CC(C)C)CN1. The Morgan fingerprint density at radius 2 is 1.95 bits per heavy atom. The van der Waals surface area contributed by atoms with Crippen molar-refractivity contribution in [2.75, 3.05) is 19.6 Å². The van der Waals surface area contributed by atoms with Gasteiger partial charge in [-0.3, -0.25) is 4.90 Å². The molecule has 1 aliphatic rings. The lowest BCUT2D eigenvalue weighted by Gasteiger charge is -2.48. The van der Waals surface area contributed by atoms with Gasteiger partial charge in [0.15, 0.2) is 0 Å². The zero-order chi connectivity index (χ0) is 14.5. The van der Waals surface area contributed by atoms with E-state index in [1.165, 1.54) is 31.4 Å². The van der Waals surface area contributed by atoms with Crippen molar-refractivity contribution in [2.24, 2.45) is 5.92 Å². The van der Waals surface area contributed by atoms with E-state index in [-0.39, 0.29) is 0 Å². The summed E-state index contributed by atoms with van der Waals surface area (Å²) >= 11 is 0. The maximum Gasteiger partial charge on any atom is 0.0304 e. The highest BCUT2D eigenvalue weighted by atomic mass is 15.2. The average Bonchev–Trinajstić information content (AvgIpc) is 2.37. The van der Waals surface area contributed by atoms with Crippen molar-refractivity contribution in [2.45, 2.75) is 72.4 Å². The van der Waals surface area contributed by atoms with Gasteiger partial charge in [0, 0.05) is 31.2 Å². The van der Waals surface area contributed by atoms with Gasteiger partial charge >= 0.3 is 0 Å². The van der Waals surface area contributed by atoms with Crippen LogP contribution in [0.2, 0.25) is 0 Å². The summed E-state index contributed by atoms with van der Waals surface area (Å²) in [6.45, 7) is 17.2. The molecule has 1 unspecified atom stereocenters. The quantitative estimate of drug-likeness (QED) is 0.735. The third kappa shape index (κ3) is 4.92. The van der Waals surface area contributed by atoms with Crippen LogP contribution in [-0.2, 0) is 0 Å². The van der Waals surface area contributed by atoms with E-state index < -0.39 is 0 Å². The van der Waals surface area contributed by atoms with Gasteiger partial charge in [0.25, 0.3) is 0 Å². The van der Waals surface area contributed by atoms with Crippen LogP contribution < -0.4 is 5.32 Å². The van der Waals surface area contributed by atoms with E-state index in [9.17, 15) is 0 Å². The van der Waals surface area contributed by atoms with Gasteiger partial charge in [-0.15, -0.1) is 0 Å². The molecule has 1 N–H and O–H groups in total. The smallest absolute Gasteiger partial charge is 0.0304 e. The van der Waals surface area contributed by atoms with Gasteiger partial charge < -0.3 is 5.32 Å². The number of nitrogens with one attached hydrogen (secondary N) is 1. The molecule has 0 bridgehead atoms. The van der Waals surface area contributed by atoms with Gasteiger partial charge in [-0.05, 0) is 39.0 Å². The van der Waals surface area contributed by atoms with Gasteiger partial charge in [-0.25, -0.2) is 0 Å². The van der Waals surface area contributed by atoms with Gasteiger partial charge in [0.05, 0.1) is 0 Å². The number of piperazine rings is 1. The van der Waals surface area contributed by atoms with E-state index >= 15 is 0 Å². The highest BCUT2D eigenvalue weighted by Crippen LogP contribution is 2.25. The topological polar surface area (TPSA) is 15.3 Å². The molecular weight excluding hydrogens is 232 g/mol. The molecule has 2 heteroatoms. The average molecular weight is 266 g/mol. The van der Waals surface area contributed by atoms with Crippen LogP contribution in [0.3, 0.4) is 0 Å². The Labute approximate surface area is 120 Å². The first-order chi connectivity index (χ1) is 8.92. The summed E-state index contributed by atoms with van der Waals surface area (Å²) in [5.41, 5.74) is 1.77. The van der Waals surface area contributed by atoms with E-state index in [4.69, 9.17) is 0 Å². The van der Waals surface area contributed by atoms with Crippen molar-refractivity contribution in [3.8, 4) is 0 Å². The van der Waals surface area contributed by atoms with Gasteiger partial charge in [0.2, 0.25) is 0 Å². The summed E-state index contributed by atoms with van der Waals surface area (Å²) in [4.78, 5) is 2.70. The molecule has 0 amide bonds. The van der Waals surface area contributed by atoms with E-state index in [1.54, 1.807) is 0 Å². The van der Waals surface area contributed by atoms with Crippen LogP contribution >= 0.6 is 0 Å². The molecule has 0 aliphatic carbocycles.